The van der Waals surface area contributed by atoms with E-state index in [1.165, 1.54) is 72.2 Å². The second kappa shape index (κ2) is 15.4. The molecule has 0 N–H and O–H groups in total. The molecular formula is C34H40N2O5S5. The normalized spacial score (nSPS) is 20.2. The Hall–Kier alpha value is -2.19. The number of allylic oxidation sites excluding steroid dienone is 6. The number of hydrogen-bond donors (Lipinski definition) is 0. The number of nitrogens with zero attached hydrogens (tertiary/aromatic N) is 2. The molecule has 1 aliphatic heterocycles. The molecule has 2 heterocycles. The lowest BCUT2D eigenvalue weighted by atomic mass is 9.77. The second-order valence-electron chi connectivity index (χ2n) is 11.1. The summed E-state index contributed by atoms with van der Waals surface area (Å²) in [7, 11) is -5.39. The van der Waals surface area contributed by atoms with Crippen molar-refractivity contribution in [3.63, 3.8) is 0 Å². The van der Waals surface area contributed by atoms with E-state index in [0.717, 1.165) is 30.8 Å². The highest BCUT2D eigenvalue weighted by atomic mass is 32.3. The lowest BCUT2D eigenvalue weighted by Crippen LogP contribution is -2.33. The van der Waals surface area contributed by atoms with E-state index >= 15 is 0 Å². The zero-order valence-corrected chi connectivity index (χ0v) is 30.9. The van der Waals surface area contributed by atoms with E-state index in [4.69, 9.17) is 0 Å². The van der Waals surface area contributed by atoms with Gasteiger partial charge in [0.05, 0.1) is 17.3 Å². The van der Waals surface area contributed by atoms with Crippen LogP contribution in [0.5, 0.6) is 0 Å². The van der Waals surface area contributed by atoms with Gasteiger partial charge in [0.2, 0.25) is 15.9 Å². The molecule has 0 saturated heterocycles. The molecule has 2 unspecified atom stereocenters. The maximum absolute atomic E-state index is 12.1. The Bertz CT molecular complexity index is 1870. The van der Waals surface area contributed by atoms with Gasteiger partial charge in [-0.15, -0.1) is 11.8 Å². The summed E-state index contributed by atoms with van der Waals surface area (Å²) < 4.78 is 47.9. The molecule has 246 valence electrons. The maximum Gasteiger partial charge on any atom is 0.263 e. The average Bonchev–Trinajstić information content (AvgIpc) is 3.55. The van der Waals surface area contributed by atoms with Crippen molar-refractivity contribution >= 4 is 78.0 Å². The summed E-state index contributed by atoms with van der Waals surface area (Å²) in [5.41, 5.74) is 6.90. The fourth-order valence-corrected chi connectivity index (χ4v) is 9.66. The van der Waals surface area contributed by atoms with Gasteiger partial charge in [-0.3, -0.25) is 8.39 Å². The van der Waals surface area contributed by atoms with Crippen molar-refractivity contribution in [2.24, 2.45) is 5.92 Å². The molecule has 2 aromatic carbocycles. The van der Waals surface area contributed by atoms with Crippen LogP contribution in [0.1, 0.15) is 51.5 Å². The summed E-state index contributed by atoms with van der Waals surface area (Å²) in [5, 5.41) is 2.63. The fraction of sp³-hybridized carbons (Fsp3) is 0.382. The van der Waals surface area contributed by atoms with Crippen LogP contribution in [0.15, 0.2) is 91.1 Å². The van der Waals surface area contributed by atoms with E-state index in [1.54, 1.807) is 6.26 Å². The number of thiazole rings is 1. The Labute approximate surface area is 287 Å². The SMILES string of the molecule is CCN1/C(=C/C2=CC3=C/C(=C/c4sc5ccc(SC)cc5[n+]4CC)CCC3CC2)Sc2ccc(S(C)=O)cc21.CCOS(=O)(=O)[O-]. The molecule has 0 bridgehead atoms. The van der Waals surface area contributed by atoms with Gasteiger partial charge >= 0.3 is 0 Å². The van der Waals surface area contributed by atoms with Crippen molar-refractivity contribution in [1.29, 1.82) is 0 Å². The van der Waals surface area contributed by atoms with Gasteiger partial charge < -0.3 is 9.45 Å². The molecule has 3 aromatic rings. The molecule has 12 heteroatoms. The van der Waals surface area contributed by atoms with Crippen molar-refractivity contribution in [2.75, 3.05) is 30.6 Å². The molecule has 7 nitrogen and oxygen atoms in total. The molecule has 0 saturated carbocycles. The van der Waals surface area contributed by atoms with Gasteiger partial charge in [-0.2, -0.15) is 4.57 Å². The number of fused-ring (bicyclic) bond motifs is 3. The number of aryl methyl sites for hydroxylation is 1. The monoisotopic (exact) mass is 716 g/mol. The van der Waals surface area contributed by atoms with Crippen LogP contribution in [0.3, 0.4) is 0 Å². The molecule has 0 amide bonds. The topological polar surface area (TPSA) is 90.6 Å². The summed E-state index contributed by atoms with van der Waals surface area (Å²) in [4.78, 5) is 5.85. The quantitative estimate of drug-likeness (QED) is 0.100. The van der Waals surface area contributed by atoms with Crippen LogP contribution >= 0.6 is 34.9 Å². The number of aromatic nitrogens is 1. The highest BCUT2D eigenvalue weighted by Gasteiger charge is 2.28. The van der Waals surface area contributed by atoms with Gasteiger partial charge in [-0.1, -0.05) is 35.3 Å². The van der Waals surface area contributed by atoms with Crippen LogP contribution in [0.2, 0.25) is 0 Å². The van der Waals surface area contributed by atoms with Gasteiger partial charge in [0.25, 0.3) is 5.01 Å². The predicted molar refractivity (Wildman–Crippen MR) is 193 cm³/mol. The van der Waals surface area contributed by atoms with Gasteiger partial charge in [-0.25, -0.2) is 8.42 Å². The number of benzene rings is 2. The summed E-state index contributed by atoms with van der Waals surface area (Å²) >= 11 is 5.55. The minimum absolute atomic E-state index is 0.0914. The van der Waals surface area contributed by atoms with Crippen LogP contribution in [0, 0.1) is 5.92 Å². The Balaban J connectivity index is 0.000000537. The number of hydrogen-bond acceptors (Lipinski definition) is 9. The van der Waals surface area contributed by atoms with Crippen LogP contribution in [-0.4, -0.2) is 42.8 Å². The molecular weight excluding hydrogens is 677 g/mol. The number of anilines is 1. The van der Waals surface area contributed by atoms with Crippen molar-refractivity contribution < 1.29 is 25.9 Å². The van der Waals surface area contributed by atoms with Crippen molar-refractivity contribution in [3.05, 3.63) is 81.4 Å². The Kier molecular flexibility index (Phi) is 11.7. The molecule has 2 aliphatic carbocycles. The predicted octanol–water partition coefficient (Wildman–Crippen LogP) is 8.06. The smallest absolute Gasteiger partial charge is 0.263 e. The molecule has 6 rings (SSSR count). The third-order valence-corrected chi connectivity index (χ3v) is 12.6. The highest BCUT2D eigenvalue weighted by molar-refractivity contribution is 8.03. The number of rotatable bonds is 8. The van der Waals surface area contributed by atoms with Gasteiger partial charge in [0, 0.05) is 50.4 Å². The third-order valence-electron chi connectivity index (χ3n) is 8.22. The first kappa shape index (κ1) is 35.1. The minimum atomic E-state index is -4.42. The van der Waals surface area contributed by atoms with Crippen LogP contribution in [0.4, 0.5) is 5.69 Å². The van der Waals surface area contributed by atoms with Crippen molar-refractivity contribution in [2.45, 2.75) is 67.7 Å². The van der Waals surface area contributed by atoms with E-state index in [0.29, 0.717) is 5.92 Å². The summed E-state index contributed by atoms with van der Waals surface area (Å²) in [6.45, 7) is 7.67. The molecule has 0 spiro atoms. The average molecular weight is 717 g/mol. The van der Waals surface area contributed by atoms with Crippen LogP contribution in [0.25, 0.3) is 16.3 Å². The molecule has 0 radical (unpaired) electrons. The van der Waals surface area contributed by atoms with Crippen LogP contribution < -0.4 is 9.47 Å². The molecule has 0 fully saturated rings. The zero-order valence-electron chi connectivity index (χ0n) is 26.8. The van der Waals surface area contributed by atoms with Gasteiger partial charge in [0.1, 0.15) is 11.2 Å². The molecule has 1 aromatic heterocycles. The Morgan fingerprint density at radius 3 is 2.54 bits per heavy atom. The third kappa shape index (κ3) is 8.26. The first-order chi connectivity index (χ1) is 22.0. The standard InChI is InChI=1S/C32H35N2OS4.C2H6O4S/c1-5-33-27-19-25(36-3)11-13-29(27)37-31(33)17-21-7-9-23-10-8-22(16-24(23)15-21)18-32-34(6-2)28-20-26(39(4)35)12-14-30(28)38-32;1-2-6-7(3,4)5/h11-20,23H,5-10H2,1-4H3;2H2,1H3,(H,3,4,5)/q+1;/p-1. The summed E-state index contributed by atoms with van der Waals surface area (Å²) in [6, 6.07) is 13.1. The fourth-order valence-electron chi connectivity index (χ4n) is 6.03. The van der Waals surface area contributed by atoms with Crippen molar-refractivity contribution in [1.82, 2.24) is 0 Å². The lowest BCUT2D eigenvalue weighted by molar-refractivity contribution is -0.665. The van der Waals surface area contributed by atoms with Gasteiger partial charge in [0.15, 0.2) is 0 Å². The van der Waals surface area contributed by atoms with E-state index in [1.807, 2.05) is 40.9 Å². The Morgan fingerprint density at radius 2 is 1.89 bits per heavy atom. The second-order valence-corrected chi connectivity index (χ2v) is 16.5. The van der Waals surface area contributed by atoms with E-state index in [2.05, 4.69) is 88.4 Å². The number of thioether (sulfide) groups is 2. The van der Waals surface area contributed by atoms with E-state index in [-0.39, 0.29) is 6.61 Å². The maximum atomic E-state index is 12.1. The van der Waals surface area contributed by atoms with Crippen LogP contribution in [-0.2, 0) is 31.9 Å². The summed E-state index contributed by atoms with van der Waals surface area (Å²) in [6.07, 6.45) is 18.4. The molecule has 2 atom stereocenters. The van der Waals surface area contributed by atoms with Gasteiger partial charge in [-0.05, 0) is 112 Å². The highest BCUT2D eigenvalue weighted by Crippen LogP contribution is 2.48. The van der Waals surface area contributed by atoms with E-state index in [9.17, 15) is 17.2 Å². The van der Waals surface area contributed by atoms with E-state index < -0.39 is 21.2 Å². The summed E-state index contributed by atoms with van der Waals surface area (Å²) in [5.74, 6) is 0.673. The first-order valence-electron chi connectivity index (χ1n) is 15.4. The van der Waals surface area contributed by atoms with Crippen molar-refractivity contribution in [3.8, 4) is 0 Å². The minimum Gasteiger partial charge on any atom is -0.726 e. The molecule has 46 heavy (non-hydrogen) atoms. The Morgan fingerprint density at radius 1 is 1.11 bits per heavy atom. The lowest BCUT2D eigenvalue weighted by Gasteiger charge is -2.28. The molecule has 3 aliphatic rings. The first-order valence-corrected chi connectivity index (χ1v) is 21.2. The zero-order chi connectivity index (χ0) is 33.0. The largest absolute Gasteiger partial charge is 0.726 e.